The first kappa shape index (κ1) is 27.8. The second-order valence-electron chi connectivity index (χ2n) is 9.29. The van der Waals surface area contributed by atoms with E-state index >= 15 is 0 Å². The highest BCUT2D eigenvalue weighted by Crippen LogP contribution is 2.37. The maximum absolute atomic E-state index is 13.6. The average molecular weight is 535 g/mol. The van der Waals surface area contributed by atoms with E-state index < -0.39 is 48.6 Å². The van der Waals surface area contributed by atoms with Crippen LogP contribution in [0.4, 0.5) is 4.79 Å². The Hall–Kier alpha value is -4.19. The lowest BCUT2D eigenvalue weighted by Crippen LogP contribution is -2.58. The summed E-state index contributed by atoms with van der Waals surface area (Å²) in [4.78, 5) is 65.9. The van der Waals surface area contributed by atoms with Gasteiger partial charge in [-0.05, 0) is 37.5 Å². The van der Waals surface area contributed by atoms with E-state index in [0.29, 0.717) is 17.7 Å². The molecule has 0 spiro atoms. The summed E-state index contributed by atoms with van der Waals surface area (Å²) in [5.74, 6) is -3.17. The number of ketones is 1. The number of Topliss-reactive ketones (excluding diaryl/α,β-unsaturated/α-hetero) is 1. The number of esters is 1. The molecule has 2 N–H and O–H groups in total. The smallest absolute Gasteiger partial charge is 0.526 e. The predicted octanol–water partition coefficient (Wildman–Crippen LogP) is 1.75. The van der Waals surface area contributed by atoms with Crippen molar-refractivity contribution in [1.82, 2.24) is 15.1 Å². The number of nitrogens with zero attached hydrogens (tertiary/aromatic N) is 2. The summed E-state index contributed by atoms with van der Waals surface area (Å²) >= 11 is 0. The van der Waals surface area contributed by atoms with E-state index in [2.05, 4.69) is 5.32 Å². The molecule has 0 aliphatic carbocycles. The van der Waals surface area contributed by atoms with Crippen molar-refractivity contribution in [2.45, 2.75) is 38.5 Å². The number of hydrogen-bond donors (Lipinski definition) is 2. The van der Waals surface area contributed by atoms with Gasteiger partial charge in [-0.2, -0.15) is 0 Å². The highest BCUT2D eigenvalue weighted by Gasteiger charge is 2.41. The Labute approximate surface area is 226 Å². The van der Waals surface area contributed by atoms with E-state index in [-0.39, 0.29) is 43.9 Å². The van der Waals surface area contributed by atoms with Crippen molar-refractivity contribution in [3.05, 3.63) is 65.2 Å². The third-order valence-corrected chi connectivity index (χ3v) is 6.84. The number of carbonyl (C=O) groups excluding carboxylic acids is 5. The van der Waals surface area contributed by atoms with Crippen LogP contribution in [0.5, 0.6) is 5.75 Å². The van der Waals surface area contributed by atoms with E-state index in [1.54, 1.807) is 62.4 Å². The normalized spacial score (nSPS) is 17.7. The largest absolute Gasteiger partial charge is 0.535 e. The number of nitrogens with one attached hydrogen (secondary N) is 1. The number of piperazine rings is 1. The highest BCUT2D eigenvalue weighted by molar-refractivity contribution is 6.47. The molecule has 4 amide bonds. The van der Waals surface area contributed by atoms with E-state index in [0.717, 1.165) is 4.90 Å². The number of urea groups is 1. The maximum atomic E-state index is 13.6. The summed E-state index contributed by atoms with van der Waals surface area (Å²) in [6, 6.07) is 11.5. The molecule has 0 saturated carbocycles. The van der Waals surface area contributed by atoms with Crippen molar-refractivity contribution in [2.24, 2.45) is 0 Å². The van der Waals surface area contributed by atoms with Gasteiger partial charge in [-0.25, -0.2) is 9.59 Å². The Balaban J connectivity index is 1.52. The Bertz CT molecular complexity index is 1270. The molecule has 4 rings (SSSR count). The molecule has 11 nitrogen and oxygen atoms in total. The Kier molecular flexibility index (Phi) is 8.65. The van der Waals surface area contributed by atoms with Crippen LogP contribution in [0.2, 0.25) is 5.82 Å². The minimum Gasteiger partial charge on any atom is -0.535 e. The SMILES string of the molecule is CCOC(=O)c1cccc2c1OB(O)[C@@H](CC(=O)C(NC(=O)N1CCN(CC)C(=O)C1=O)c1ccccc1)C2. The summed E-state index contributed by atoms with van der Waals surface area (Å²) in [6.07, 6.45) is 0.0808. The van der Waals surface area contributed by atoms with E-state index in [9.17, 15) is 29.0 Å². The van der Waals surface area contributed by atoms with Gasteiger partial charge in [-0.3, -0.25) is 19.3 Å². The molecule has 39 heavy (non-hydrogen) atoms. The molecule has 1 fully saturated rings. The van der Waals surface area contributed by atoms with Crippen LogP contribution in [0.25, 0.3) is 0 Å². The fraction of sp³-hybridized carbons (Fsp3) is 0.370. The van der Waals surface area contributed by atoms with Crippen molar-refractivity contribution in [1.29, 1.82) is 0 Å². The van der Waals surface area contributed by atoms with Gasteiger partial charge in [0.05, 0.1) is 6.61 Å². The molecule has 2 aromatic carbocycles. The second-order valence-corrected chi connectivity index (χ2v) is 9.29. The molecule has 12 heteroatoms. The first-order valence-corrected chi connectivity index (χ1v) is 12.9. The summed E-state index contributed by atoms with van der Waals surface area (Å²) < 4.78 is 10.7. The van der Waals surface area contributed by atoms with Gasteiger partial charge >= 0.3 is 30.9 Å². The maximum Gasteiger partial charge on any atom is 0.526 e. The van der Waals surface area contributed by atoms with Gasteiger partial charge < -0.3 is 24.6 Å². The molecule has 2 aliphatic rings. The molecule has 2 heterocycles. The number of benzene rings is 2. The summed E-state index contributed by atoms with van der Waals surface area (Å²) in [5, 5.41) is 13.4. The van der Waals surface area contributed by atoms with Crippen LogP contribution in [-0.2, 0) is 25.5 Å². The van der Waals surface area contributed by atoms with Crippen molar-refractivity contribution in [2.75, 3.05) is 26.2 Å². The van der Waals surface area contributed by atoms with Crippen LogP contribution in [-0.4, -0.2) is 77.8 Å². The molecule has 0 radical (unpaired) electrons. The molecule has 1 unspecified atom stereocenters. The number of carbonyl (C=O) groups is 5. The number of rotatable bonds is 8. The number of fused-ring (bicyclic) bond motifs is 1. The number of para-hydroxylation sites is 1. The topological polar surface area (TPSA) is 143 Å². The van der Waals surface area contributed by atoms with Crippen LogP contribution in [0.1, 0.15) is 47.8 Å². The van der Waals surface area contributed by atoms with Crippen molar-refractivity contribution < 1.29 is 38.4 Å². The standard InChI is InChI=1S/C27H30BN3O8/c1-3-30-13-14-31(25(34)24(30)33)27(36)29-22(17-9-6-5-7-10-17)21(32)16-19-15-18-11-8-12-20(26(35)38-4-2)23(18)39-28(19)37/h5-12,19,22,37H,3-4,13-16H2,1-2H3,(H,29,36)/t19-,22?/m1/s1. The van der Waals surface area contributed by atoms with E-state index in [1.165, 1.54) is 4.90 Å². The first-order valence-electron chi connectivity index (χ1n) is 12.9. The quantitative estimate of drug-likeness (QED) is 0.296. The fourth-order valence-corrected chi connectivity index (χ4v) is 4.77. The lowest BCUT2D eigenvalue weighted by molar-refractivity contribution is -0.153. The Morgan fingerprint density at radius 1 is 1.08 bits per heavy atom. The van der Waals surface area contributed by atoms with Gasteiger partial charge in [0.25, 0.3) is 0 Å². The van der Waals surface area contributed by atoms with E-state index in [1.807, 2.05) is 0 Å². The Morgan fingerprint density at radius 2 is 1.82 bits per heavy atom. The fourth-order valence-electron chi connectivity index (χ4n) is 4.77. The minimum atomic E-state index is -1.38. The lowest BCUT2D eigenvalue weighted by Gasteiger charge is -2.33. The Morgan fingerprint density at radius 3 is 2.51 bits per heavy atom. The number of likely N-dealkylation sites (N-methyl/N-ethyl adjacent to an activating group) is 1. The second kappa shape index (κ2) is 12.1. The highest BCUT2D eigenvalue weighted by atomic mass is 16.5. The number of amides is 4. The third kappa shape index (κ3) is 5.95. The van der Waals surface area contributed by atoms with Crippen molar-refractivity contribution in [3.63, 3.8) is 0 Å². The summed E-state index contributed by atoms with van der Waals surface area (Å²) in [5.41, 5.74) is 1.31. The molecule has 1 saturated heterocycles. The predicted molar refractivity (Wildman–Crippen MR) is 140 cm³/mol. The molecular formula is C27H30BN3O8. The lowest BCUT2D eigenvalue weighted by atomic mass is 9.64. The zero-order valence-electron chi connectivity index (χ0n) is 21.8. The monoisotopic (exact) mass is 535 g/mol. The molecule has 0 bridgehead atoms. The third-order valence-electron chi connectivity index (χ3n) is 6.84. The molecule has 2 aliphatic heterocycles. The van der Waals surface area contributed by atoms with Gasteiger partial charge in [0.15, 0.2) is 5.78 Å². The number of imide groups is 1. The van der Waals surface area contributed by atoms with Gasteiger partial charge in [0, 0.05) is 31.9 Å². The molecule has 204 valence electrons. The summed E-state index contributed by atoms with van der Waals surface area (Å²) in [7, 11) is -1.38. The zero-order valence-corrected chi connectivity index (χ0v) is 21.8. The van der Waals surface area contributed by atoms with Crippen LogP contribution in [0.3, 0.4) is 0 Å². The van der Waals surface area contributed by atoms with Gasteiger partial charge in [0.2, 0.25) is 0 Å². The zero-order chi connectivity index (χ0) is 28.1. The number of ether oxygens (including phenoxy) is 1. The van der Waals surface area contributed by atoms with Gasteiger partial charge in [-0.1, -0.05) is 42.5 Å². The van der Waals surface area contributed by atoms with Gasteiger partial charge in [0.1, 0.15) is 17.4 Å². The van der Waals surface area contributed by atoms with E-state index in [4.69, 9.17) is 9.39 Å². The van der Waals surface area contributed by atoms with Crippen LogP contribution in [0, 0.1) is 0 Å². The van der Waals surface area contributed by atoms with Crippen molar-refractivity contribution in [3.8, 4) is 5.75 Å². The van der Waals surface area contributed by atoms with Crippen LogP contribution < -0.4 is 9.97 Å². The molecule has 2 aromatic rings. The molecular weight excluding hydrogens is 505 g/mol. The molecule has 2 atom stereocenters. The van der Waals surface area contributed by atoms with Gasteiger partial charge in [-0.15, -0.1) is 0 Å². The van der Waals surface area contributed by atoms with Crippen molar-refractivity contribution >= 4 is 36.7 Å². The van der Waals surface area contributed by atoms with Crippen LogP contribution in [0.15, 0.2) is 48.5 Å². The van der Waals surface area contributed by atoms with Crippen LogP contribution >= 0.6 is 0 Å². The first-order chi connectivity index (χ1) is 18.7. The summed E-state index contributed by atoms with van der Waals surface area (Å²) in [6.45, 7) is 4.17. The minimum absolute atomic E-state index is 0.00864. The number of hydrogen-bond acceptors (Lipinski definition) is 8. The molecule has 0 aromatic heterocycles. The average Bonchev–Trinajstić information content (AvgIpc) is 2.93.